The highest BCUT2D eigenvalue weighted by Gasteiger charge is 2.02. The first kappa shape index (κ1) is 38.0. The average Bonchev–Trinajstić information content (AvgIpc) is 2.92. The van der Waals surface area contributed by atoms with Crippen LogP contribution in [0.4, 0.5) is 0 Å². The Morgan fingerprint density at radius 1 is 0.237 bits per heavy atom. The first-order valence-electron chi connectivity index (χ1n) is 18.8. The summed E-state index contributed by atoms with van der Waals surface area (Å²) in [5.74, 6) is 0.966. The minimum atomic E-state index is 0.966. The van der Waals surface area contributed by atoms with Gasteiger partial charge in [-0.05, 0) is 5.92 Å². The molecule has 0 N–H and O–H groups in total. The molecule has 38 heavy (non-hydrogen) atoms. The molecule has 0 bridgehead atoms. The molecule has 1 unspecified atom stereocenters. The van der Waals surface area contributed by atoms with Gasteiger partial charge in [-0.1, -0.05) is 239 Å². The quantitative estimate of drug-likeness (QED) is 0.0720. The van der Waals surface area contributed by atoms with Crippen molar-refractivity contribution >= 4 is 0 Å². The maximum absolute atomic E-state index is 2.51. The molecule has 0 radical (unpaired) electrons. The van der Waals surface area contributed by atoms with Gasteiger partial charge >= 0.3 is 0 Å². The van der Waals surface area contributed by atoms with E-state index in [1.54, 1.807) is 0 Å². The van der Waals surface area contributed by atoms with E-state index in [4.69, 9.17) is 0 Å². The minimum absolute atomic E-state index is 0.966. The molecule has 1 atom stereocenters. The van der Waals surface area contributed by atoms with Crippen molar-refractivity contribution in [1.82, 2.24) is 0 Å². The van der Waals surface area contributed by atoms with Gasteiger partial charge in [0.1, 0.15) is 0 Å². The van der Waals surface area contributed by atoms with Crippen LogP contribution in [0.5, 0.6) is 0 Å². The second-order valence-corrected chi connectivity index (χ2v) is 13.3. The summed E-state index contributed by atoms with van der Waals surface area (Å²) in [5, 5.41) is 0. The van der Waals surface area contributed by atoms with E-state index in [0.29, 0.717) is 0 Å². The van der Waals surface area contributed by atoms with Crippen molar-refractivity contribution in [2.45, 2.75) is 239 Å². The van der Waals surface area contributed by atoms with E-state index in [0.717, 1.165) is 5.92 Å². The van der Waals surface area contributed by atoms with E-state index in [1.165, 1.54) is 218 Å². The van der Waals surface area contributed by atoms with E-state index in [9.17, 15) is 0 Å². The highest BCUT2D eigenvalue weighted by Crippen LogP contribution is 2.20. The molecular formula is C38H78. The molecule has 0 aromatic rings. The lowest BCUT2D eigenvalue weighted by Gasteiger charge is -2.11. The third-order valence-corrected chi connectivity index (χ3v) is 9.10. The molecule has 0 saturated heterocycles. The topological polar surface area (TPSA) is 0 Å². The van der Waals surface area contributed by atoms with Crippen molar-refractivity contribution in [1.29, 1.82) is 0 Å². The van der Waals surface area contributed by atoms with Gasteiger partial charge in [0.2, 0.25) is 0 Å². The first-order chi connectivity index (χ1) is 18.8. The van der Waals surface area contributed by atoms with E-state index in [1.807, 2.05) is 0 Å². The predicted octanol–water partition coefficient (Wildman–Crippen LogP) is 14.9. The van der Waals surface area contributed by atoms with Gasteiger partial charge < -0.3 is 0 Å². The van der Waals surface area contributed by atoms with Crippen LogP contribution in [0.2, 0.25) is 0 Å². The summed E-state index contributed by atoms with van der Waals surface area (Å²) in [6.07, 6.45) is 50.2. The smallest absolute Gasteiger partial charge is 0.0443 e. The molecule has 0 spiro atoms. The third-order valence-electron chi connectivity index (χ3n) is 9.10. The molecule has 0 aliphatic carbocycles. The zero-order valence-corrected chi connectivity index (χ0v) is 27.6. The summed E-state index contributed by atoms with van der Waals surface area (Å²) in [5.41, 5.74) is 0. The van der Waals surface area contributed by atoms with Crippen molar-refractivity contribution in [3.63, 3.8) is 0 Å². The van der Waals surface area contributed by atoms with Gasteiger partial charge in [0.05, 0.1) is 0 Å². The molecule has 0 saturated carbocycles. The van der Waals surface area contributed by atoms with Crippen molar-refractivity contribution in [3.05, 3.63) is 0 Å². The SMILES string of the molecule is CCCCCCCCCCCCCCCCCCCCCCC(C)CCCCCCCCCCCCCC. The predicted molar refractivity (Wildman–Crippen MR) is 177 cm³/mol. The van der Waals surface area contributed by atoms with Gasteiger partial charge in [0.25, 0.3) is 0 Å². The zero-order chi connectivity index (χ0) is 27.6. The van der Waals surface area contributed by atoms with Crippen LogP contribution < -0.4 is 0 Å². The van der Waals surface area contributed by atoms with Crippen LogP contribution in [0.3, 0.4) is 0 Å². The normalized spacial score (nSPS) is 12.4. The molecule has 0 heterocycles. The van der Waals surface area contributed by atoms with Gasteiger partial charge in [0.15, 0.2) is 0 Å². The van der Waals surface area contributed by atoms with E-state index in [-0.39, 0.29) is 0 Å². The van der Waals surface area contributed by atoms with Crippen LogP contribution >= 0.6 is 0 Å². The Morgan fingerprint density at radius 2 is 0.395 bits per heavy atom. The lowest BCUT2D eigenvalue weighted by atomic mass is 9.95. The van der Waals surface area contributed by atoms with Crippen LogP contribution in [0.1, 0.15) is 239 Å². The maximum atomic E-state index is 2.51. The van der Waals surface area contributed by atoms with Crippen LogP contribution in [0.25, 0.3) is 0 Å². The molecule has 0 fully saturated rings. The fraction of sp³-hybridized carbons (Fsp3) is 1.00. The van der Waals surface area contributed by atoms with Crippen LogP contribution in [0.15, 0.2) is 0 Å². The van der Waals surface area contributed by atoms with E-state index in [2.05, 4.69) is 20.8 Å². The maximum Gasteiger partial charge on any atom is -0.0443 e. The molecular weight excluding hydrogens is 456 g/mol. The highest BCUT2D eigenvalue weighted by molar-refractivity contribution is 4.57. The fourth-order valence-electron chi connectivity index (χ4n) is 6.23. The molecule has 230 valence electrons. The number of rotatable bonds is 34. The third kappa shape index (κ3) is 34.0. The summed E-state index contributed by atoms with van der Waals surface area (Å²) in [4.78, 5) is 0. The number of unbranched alkanes of at least 4 members (excludes halogenated alkanes) is 30. The van der Waals surface area contributed by atoms with Crippen molar-refractivity contribution < 1.29 is 0 Å². The standard InChI is InChI=1S/C38H78/c1-4-6-8-10-12-14-16-18-19-20-21-22-23-24-25-27-29-31-33-35-37-38(3)36-34-32-30-28-26-17-15-13-11-9-7-5-2/h38H,4-37H2,1-3H3. The molecule has 0 rings (SSSR count). The fourth-order valence-corrected chi connectivity index (χ4v) is 6.23. The van der Waals surface area contributed by atoms with Gasteiger partial charge in [-0.25, -0.2) is 0 Å². The number of hydrogen-bond acceptors (Lipinski definition) is 0. The van der Waals surface area contributed by atoms with Crippen LogP contribution in [0, 0.1) is 5.92 Å². The average molecular weight is 535 g/mol. The van der Waals surface area contributed by atoms with Gasteiger partial charge in [-0.15, -0.1) is 0 Å². The second-order valence-electron chi connectivity index (χ2n) is 13.3. The van der Waals surface area contributed by atoms with Crippen molar-refractivity contribution in [2.24, 2.45) is 5.92 Å². The molecule has 0 aliphatic rings. The van der Waals surface area contributed by atoms with Crippen molar-refractivity contribution in [3.8, 4) is 0 Å². The molecule has 0 aliphatic heterocycles. The Morgan fingerprint density at radius 3 is 0.579 bits per heavy atom. The minimum Gasteiger partial charge on any atom is -0.0654 e. The van der Waals surface area contributed by atoms with Crippen LogP contribution in [-0.4, -0.2) is 0 Å². The monoisotopic (exact) mass is 535 g/mol. The lowest BCUT2D eigenvalue weighted by molar-refractivity contribution is 0.429. The van der Waals surface area contributed by atoms with E-state index >= 15 is 0 Å². The molecule has 0 heteroatoms. The summed E-state index contributed by atoms with van der Waals surface area (Å²) in [7, 11) is 0. The highest BCUT2D eigenvalue weighted by atomic mass is 14.1. The largest absolute Gasteiger partial charge is 0.0654 e. The Balaban J connectivity index is 3.12. The Bertz CT molecular complexity index is 385. The first-order valence-corrected chi connectivity index (χ1v) is 18.8. The summed E-state index contributed by atoms with van der Waals surface area (Å²) < 4.78 is 0. The molecule has 0 nitrogen and oxygen atoms in total. The summed E-state index contributed by atoms with van der Waals surface area (Å²) in [6.45, 7) is 7.13. The van der Waals surface area contributed by atoms with Gasteiger partial charge in [-0.2, -0.15) is 0 Å². The van der Waals surface area contributed by atoms with E-state index < -0.39 is 0 Å². The molecule has 0 aromatic heterocycles. The van der Waals surface area contributed by atoms with Crippen molar-refractivity contribution in [2.75, 3.05) is 0 Å². The summed E-state index contributed by atoms with van der Waals surface area (Å²) in [6, 6.07) is 0. The summed E-state index contributed by atoms with van der Waals surface area (Å²) >= 11 is 0. The van der Waals surface area contributed by atoms with Crippen LogP contribution in [-0.2, 0) is 0 Å². The number of hydrogen-bond donors (Lipinski definition) is 0. The second kappa shape index (κ2) is 35.0. The van der Waals surface area contributed by atoms with Gasteiger partial charge in [0, 0.05) is 0 Å². The Labute approximate surface area is 244 Å². The Hall–Kier alpha value is 0. The van der Waals surface area contributed by atoms with Gasteiger partial charge in [-0.3, -0.25) is 0 Å². The Kier molecular flexibility index (Phi) is 35.0. The zero-order valence-electron chi connectivity index (χ0n) is 27.6. The molecule has 0 amide bonds. The molecule has 0 aromatic carbocycles. The lowest BCUT2D eigenvalue weighted by Crippen LogP contribution is -1.95.